The number of hydrogen-bond donors (Lipinski definition) is 1. The van der Waals surface area contributed by atoms with Crippen molar-refractivity contribution < 1.29 is 14.7 Å². The maximum Gasteiger partial charge on any atom is 0.306 e. The Morgan fingerprint density at radius 2 is 2.00 bits per heavy atom. The van der Waals surface area contributed by atoms with Crippen molar-refractivity contribution >= 4 is 11.9 Å². The molecule has 0 saturated carbocycles. The summed E-state index contributed by atoms with van der Waals surface area (Å²) in [4.78, 5) is 25.1. The third kappa shape index (κ3) is 3.23. The van der Waals surface area contributed by atoms with Gasteiger partial charge in [-0.15, -0.1) is 5.10 Å². The lowest BCUT2D eigenvalue weighted by Crippen LogP contribution is -2.40. The molecule has 1 aromatic heterocycles. The van der Waals surface area contributed by atoms with Crippen molar-refractivity contribution in [2.24, 2.45) is 5.92 Å². The molecule has 7 heteroatoms. The van der Waals surface area contributed by atoms with Gasteiger partial charge in [0.1, 0.15) is 0 Å². The molecule has 0 bridgehead atoms. The standard InChI is InChI=1S/C16H18N4O3/c1-11-3-2-4-13(9-11)20-10-14(17-18-20)15(21)19-7-5-12(6-8-19)16(22)23/h2-4,9-10,12H,5-8H2,1H3,(H,22,23). The normalized spacial score (nSPS) is 15.6. The molecular formula is C16H18N4O3. The summed E-state index contributed by atoms with van der Waals surface area (Å²) in [5, 5.41) is 17.0. The third-order valence-corrected chi connectivity index (χ3v) is 4.11. The number of nitrogens with zero attached hydrogens (tertiary/aromatic N) is 4. The zero-order chi connectivity index (χ0) is 16.4. The highest BCUT2D eigenvalue weighted by Crippen LogP contribution is 2.19. The first-order valence-corrected chi connectivity index (χ1v) is 7.56. The van der Waals surface area contributed by atoms with E-state index < -0.39 is 5.97 Å². The smallest absolute Gasteiger partial charge is 0.306 e. The second-order valence-corrected chi connectivity index (χ2v) is 5.79. The lowest BCUT2D eigenvalue weighted by atomic mass is 9.97. The Labute approximate surface area is 133 Å². The molecule has 1 aliphatic rings. The lowest BCUT2D eigenvalue weighted by molar-refractivity contribution is -0.143. The maximum atomic E-state index is 12.5. The van der Waals surface area contributed by atoms with Gasteiger partial charge < -0.3 is 10.0 Å². The fourth-order valence-electron chi connectivity index (χ4n) is 2.75. The van der Waals surface area contributed by atoms with Crippen LogP contribution in [-0.2, 0) is 4.79 Å². The summed E-state index contributed by atoms with van der Waals surface area (Å²) in [7, 11) is 0. The Morgan fingerprint density at radius 1 is 1.26 bits per heavy atom. The second-order valence-electron chi connectivity index (χ2n) is 5.79. The Kier molecular flexibility index (Phi) is 4.10. The SMILES string of the molecule is Cc1cccc(-n2cc(C(=O)N3CCC(C(=O)O)CC3)nn2)c1. The number of amides is 1. The summed E-state index contributed by atoms with van der Waals surface area (Å²) in [6.07, 6.45) is 2.57. The monoisotopic (exact) mass is 314 g/mol. The van der Waals surface area contributed by atoms with Crippen molar-refractivity contribution in [2.45, 2.75) is 19.8 Å². The molecule has 2 heterocycles. The van der Waals surface area contributed by atoms with E-state index in [1.807, 2.05) is 31.2 Å². The lowest BCUT2D eigenvalue weighted by Gasteiger charge is -2.29. The first kappa shape index (κ1) is 15.2. The first-order valence-electron chi connectivity index (χ1n) is 7.56. The molecule has 0 aliphatic carbocycles. The van der Waals surface area contributed by atoms with Crippen molar-refractivity contribution in [3.8, 4) is 5.69 Å². The summed E-state index contributed by atoms with van der Waals surface area (Å²) in [6, 6.07) is 7.76. The van der Waals surface area contributed by atoms with E-state index in [2.05, 4.69) is 10.3 Å². The fraction of sp³-hybridized carbons (Fsp3) is 0.375. The first-order chi connectivity index (χ1) is 11.0. The van der Waals surface area contributed by atoms with Gasteiger partial charge in [-0.25, -0.2) is 4.68 Å². The molecule has 0 radical (unpaired) electrons. The van der Waals surface area contributed by atoms with Crippen LogP contribution in [0.25, 0.3) is 5.69 Å². The average molecular weight is 314 g/mol. The van der Waals surface area contributed by atoms with Crippen molar-refractivity contribution in [1.29, 1.82) is 0 Å². The molecule has 7 nitrogen and oxygen atoms in total. The van der Waals surface area contributed by atoms with Gasteiger partial charge in [-0.05, 0) is 37.5 Å². The number of carbonyl (C=O) groups excluding carboxylic acids is 1. The number of hydrogen-bond acceptors (Lipinski definition) is 4. The van der Waals surface area contributed by atoms with Crippen molar-refractivity contribution in [2.75, 3.05) is 13.1 Å². The topological polar surface area (TPSA) is 88.3 Å². The van der Waals surface area contributed by atoms with Crippen LogP contribution in [0.5, 0.6) is 0 Å². The van der Waals surface area contributed by atoms with Gasteiger partial charge in [0.05, 0.1) is 17.8 Å². The number of carbonyl (C=O) groups is 2. The molecule has 120 valence electrons. The molecule has 3 rings (SSSR count). The molecule has 1 N–H and O–H groups in total. The van der Waals surface area contributed by atoms with Gasteiger partial charge in [0.15, 0.2) is 5.69 Å². The van der Waals surface area contributed by atoms with E-state index >= 15 is 0 Å². The van der Waals surface area contributed by atoms with E-state index in [9.17, 15) is 9.59 Å². The quantitative estimate of drug-likeness (QED) is 0.928. The predicted octanol–water partition coefficient (Wildman–Crippen LogP) is 1.51. The van der Waals surface area contributed by atoms with Crippen LogP contribution in [0.2, 0.25) is 0 Å². The Morgan fingerprint density at radius 3 is 2.65 bits per heavy atom. The average Bonchev–Trinajstić information content (AvgIpc) is 3.04. The fourth-order valence-corrected chi connectivity index (χ4v) is 2.75. The van der Waals surface area contributed by atoms with E-state index in [1.54, 1.807) is 15.8 Å². The van der Waals surface area contributed by atoms with E-state index in [1.165, 1.54) is 0 Å². The van der Waals surface area contributed by atoms with Crippen LogP contribution in [0, 0.1) is 12.8 Å². The number of rotatable bonds is 3. The van der Waals surface area contributed by atoms with Gasteiger partial charge >= 0.3 is 5.97 Å². The van der Waals surface area contributed by atoms with Crippen molar-refractivity contribution in [3.63, 3.8) is 0 Å². The molecule has 1 fully saturated rings. The van der Waals surface area contributed by atoms with Crippen molar-refractivity contribution in [3.05, 3.63) is 41.7 Å². The predicted molar refractivity (Wildman–Crippen MR) is 82.4 cm³/mol. The molecule has 0 spiro atoms. The summed E-state index contributed by atoms with van der Waals surface area (Å²) in [5.74, 6) is -1.35. The molecule has 23 heavy (non-hydrogen) atoms. The van der Waals surface area contributed by atoms with Crippen LogP contribution in [0.4, 0.5) is 0 Å². The Bertz CT molecular complexity index is 732. The van der Waals surface area contributed by atoms with Crippen LogP contribution in [0.15, 0.2) is 30.5 Å². The van der Waals surface area contributed by atoms with Gasteiger partial charge in [-0.1, -0.05) is 17.3 Å². The summed E-state index contributed by atoms with van der Waals surface area (Å²) >= 11 is 0. The minimum Gasteiger partial charge on any atom is -0.481 e. The number of benzene rings is 1. The highest BCUT2D eigenvalue weighted by Gasteiger charge is 2.28. The van der Waals surface area contributed by atoms with E-state index in [0.29, 0.717) is 25.9 Å². The number of carboxylic acid groups (broad SMARTS) is 1. The summed E-state index contributed by atoms with van der Waals surface area (Å²) in [5.41, 5.74) is 2.23. The molecule has 1 aromatic carbocycles. The Hall–Kier alpha value is -2.70. The Balaban J connectivity index is 1.71. The van der Waals surface area contributed by atoms with E-state index in [-0.39, 0.29) is 17.5 Å². The molecule has 1 amide bonds. The zero-order valence-corrected chi connectivity index (χ0v) is 12.8. The van der Waals surface area contributed by atoms with Gasteiger partial charge in [-0.3, -0.25) is 9.59 Å². The molecular weight excluding hydrogens is 296 g/mol. The van der Waals surface area contributed by atoms with E-state index in [4.69, 9.17) is 5.11 Å². The number of carboxylic acids is 1. The largest absolute Gasteiger partial charge is 0.481 e. The molecule has 1 saturated heterocycles. The van der Waals surface area contributed by atoms with Crippen LogP contribution in [-0.4, -0.2) is 50.0 Å². The summed E-state index contributed by atoms with van der Waals surface area (Å²) in [6.45, 7) is 2.86. The maximum absolute atomic E-state index is 12.5. The molecule has 1 aliphatic heterocycles. The number of aliphatic carboxylic acids is 1. The molecule has 0 unspecified atom stereocenters. The minimum atomic E-state index is -0.789. The molecule has 0 atom stereocenters. The van der Waals surface area contributed by atoms with Crippen LogP contribution in [0.1, 0.15) is 28.9 Å². The second kappa shape index (κ2) is 6.20. The van der Waals surface area contributed by atoms with Crippen LogP contribution in [0.3, 0.4) is 0 Å². The van der Waals surface area contributed by atoms with E-state index in [0.717, 1.165) is 11.3 Å². The third-order valence-electron chi connectivity index (χ3n) is 4.11. The van der Waals surface area contributed by atoms with Crippen LogP contribution < -0.4 is 0 Å². The molecule has 2 aromatic rings. The van der Waals surface area contributed by atoms with Gasteiger partial charge in [0.2, 0.25) is 0 Å². The highest BCUT2D eigenvalue weighted by molar-refractivity contribution is 5.92. The number of likely N-dealkylation sites (tertiary alicyclic amines) is 1. The number of piperidine rings is 1. The zero-order valence-electron chi connectivity index (χ0n) is 12.8. The highest BCUT2D eigenvalue weighted by atomic mass is 16.4. The number of aromatic nitrogens is 3. The summed E-state index contributed by atoms with van der Waals surface area (Å²) < 4.78 is 1.57. The minimum absolute atomic E-state index is 0.201. The van der Waals surface area contributed by atoms with Gasteiger partial charge in [0, 0.05) is 13.1 Å². The van der Waals surface area contributed by atoms with Crippen LogP contribution >= 0.6 is 0 Å². The van der Waals surface area contributed by atoms with Gasteiger partial charge in [-0.2, -0.15) is 0 Å². The number of aryl methyl sites for hydroxylation is 1. The van der Waals surface area contributed by atoms with Crippen molar-refractivity contribution in [1.82, 2.24) is 19.9 Å². The van der Waals surface area contributed by atoms with Gasteiger partial charge in [0.25, 0.3) is 5.91 Å².